The van der Waals surface area contributed by atoms with E-state index in [2.05, 4.69) is 57.5 Å². The molecule has 1 aliphatic rings. The third-order valence-electron chi connectivity index (χ3n) is 5.14. The number of aryl methyl sites for hydroxylation is 2. The fourth-order valence-electron chi connectivity index (χ4n) is 3.48. The topological polar surface area (TPSA) is 73.0 Å². The average molecular weight is 380 g/mol. The summed E-state index contributed by atoms with van der Waals surface area (Å²) in [5.41, 5.74) is 3.34. The molecule has 7 heteroatoms. The number of hydrogen-bond donors (Lipinski definition) is 2. The Morgan fingerprint density at radius 1 is 1.07 bits per heavy atom. The van der Waals surface area contributed by atoms with Crippen LogP contribution in [0.1, 0.15) is 19.6 Å². The van der Waals surface area contributed by atoms with Gasteiger partial charge in [0, 0.05) is 51.0 Å². The zero-order valence-corrected chi connectivity index (χ0v) is 16.7. The van der Waals surface area contributed by atoms with Crippen LogP contribution in [0, 0.1) is 6.92 Å². The van der Waals surface area contributed by atoms with Crippen LogP contribution in [0.4, 0.5) is 17.5 Å². The van der Waals surface area contributed by atoms with Crippen molar-refractivity contribution in [2.45, 2.75) is 20.3 Å². The molecule has 0 saturated carbocycles. The zero-order valence-electron chi connectivity index (χ0n) is 16.7. The molecule has 0 radical (unpaired) electrons. The van der Waals surface area contributed by atoms with Crippen molar-refractivity contribution >= 4 is 17.5 Å². The van der Waals surface area contributed by atoms with E-state index >= 15 is 0 Å². The van der Waals surface area contributed by atoms with Crippen LogP contribution in [0.15, 0.2) is 36.4 Å². The third kappa shape index (κ3) is 3.99. The van der Waals surface area contributed by atoms with Crippen molar-refractivity contribution in [3.8, 4) is 11.4 Å². The van der Waals surface area contributed by atoms with Crippen LogP contribution in [-0.4, -0.2) is 58.3 Å². The van der Waals surface area contributed by atoms with Gasteiger partial charge in [-0.1, -0.05) is 31.2 Å². The normalized spacial score (nSPS) is 15.0. The molecular formula is C21H29N7. The molecule has 0 amide bonds. The van der Waals surface area contributed by atoms with Crippen molar-refractivity contribution in [3.63, 3.8) is 0 Å². The Bertz CT molecular complexity index is 948. The van der Waals surface area contributed by atoms with Crippen LogP contribution in [0.2, 0.25) is 0 Å². The van der Waals surface area contributed by atoms with Gasteiger partial charge in [0.25, 0.3) is 0 Å². The Balaban J connectivity index is 0.00000240. The summed E-state index contributed by atoms with van der Waals surface area (Å²) >= 11 is 0. The lowest BCUT2D eigenvalue weighted by molar-refractivity contribution is 0.312. The van der Waals surface area contributed by atoms with E-state index in [1.54, 1.807) is 0 Å². The van der Waals surface area contributed by atoms with Gasteiger partial charge in [0.1, 0.15) is 11.6 Å². The number of anilines is 3. The second kappa shape index (κ2) is 7.98. The molecule has 1 aliphatic heterocycles. The smallest absolute Gasteiger partial charge is 0.164 e. The quantitative estimate of drug-likeness (QED) is 0.707. The van der Waals surface area contributed by atoms with Gasteiger partial charge in [-0.2, -0.15) is 5.10 Å². The molecule has 3 heterocycles. The van der Waals surface area contributed by atoms with Crippen LogP contribution < -0.4 is 10.2 Å². The molecule has 0 aliphatic carbocycles. The molecule has 2 aromatic heterocycles. The fourth-order valence-corrected chi connectivity index (χ4v) is 3.48. The standard InChI is InChI=1S/C21H27N7.H2/c1-4-16-7-5-6-8-17(16)21-23-18(22-19-13-15(2)25-26-19)14-20(24-21)28-11-9-27(3)10-12-28;/h5-8,13-14H,4,9-12H2,1-3H3,(H2,22,23,24,25,26);1H. The largest absolute Gasteiger partial charge is 0.354 e. The fraction of sp³-hybridized carbons (Fsp3) is 0.381. The highest BCUT2D eigenvalue weighted by molar-refractivity contribution is 5.67. The van der Waals surface area contributed by atoms with Gasteiger partial charge >= 0.3 is 0 Å². The molecular weight excluding hydrogens is 350 g/mol. The summed E-state index contributed by atoms with van der Waals surface area (Å²) in [6.07, 6.45) is 0.944. The van der Waals surface area contributed by atoms with Crippen molar-refractivity contribution in [1.82, 2.24) is 25.1 Å². The van der Waals surface area contributed by atoms with Crippen LogP contribution in [0.25, 0.3) is 11.4 Å². The second-order valence-corrected chi connectivity index (χ2v) is 7.30. The highest BCUT2D eigenvalue weighted by Crippen LogP contribution is 2.27. The summed E-state index contributed by atoms with van der Waals surface area (Å²) < 4.78 is 0. The maximum atomic E-state index is 4.94. The van der Waals surface area contributed by atoms with Gasteiger partial charge in [0.2, 0.25) is 0 Å². The minimum Gasteiger partial charge on any atom is -0.354 e. The number of likely N-dealkylation sites (N-methyl/N-ethyl adjacent to an activating group) is 1. The van der Waals surface area contributed by atoms with Crippen molar-refractivity contribution in [2.24, 2.45) is 0 Å². The molecule has 4 rings (SSSR count). The van der Waals surface area contributed by atoms with E-state index in [9.17, 15) is 0 Å². The van der Waals surface area contributed by atoms with Crippen LogP contribution >= 0.6 is 0 Å². The molecule has 0 unspecified atom stereocenters. The minimum absolute atomic E-state index is 0. The molecule has 148 valence electrons. The summed E-state index contributed by atoms with van der Waals surface area (Å²) in [5.74, 6) is 3.23. The van der Waals surface area contributed by atoms with Gasteiger partial charge in [-0.25, -0.2) is 9.97 Å². The first-order chi connectivity index (χ1) is 13.6. The molecule has 7 nitrogen and oxygen atoms in total. The van der Waals surface area contributed by atoms with Crippen LogP contribution in [-0.2, 0) is 6.42 Å². The van der Waals surface area contributed by atoms with E-state index < -0.39 is 0 Å². The summed E-state index contributed by atoms with van der Waals surface area (Å²) in [5, 5.41) is 10.6. The third-order valence-corrected chi connectivity index (χ3v) is 5.14. The maximum absolute atomic E-state index is 4.94. The Morgan fingerprint density at radius 2 is 1.86 bits per heavy atom. The predicted octanol–water partition coefficient (Wildman–Crippen LogP) is 3.48. The van der Waals surface area contributed by atoms with E-state index in [0.29, 0.717) is 0 Å². The van der Waals surface area contributed by atoms with Crippen LogP contribution in [0.3, 0.4) is 0 Å². The van der Waals surface area contributed by atoms with Crippen molar-refractivity contribution < 1.29 is 1.43 Å². The predicted molar refractivity (Wildman–Crippen MR) is 115 cm³/mol. The molecule has 1 saturated heterocycles. The van der Waals surface area contributed by atoms with Gasteiger partial charge in [0.15, 0.2) is 11.6 Å². The second-order valence-electron chi connectivity index (χ2n) is 7.30. The molecule has 0 atom stereocenters. The molecule has 2 N–H and O–H groups in total. The lowest BCUT2D eigenvalue weighted by atomic mass is 10.0. The Morgan fingerprint density at radius 3 is 2.57 bits per heavy atom. The Labute approximate surface area is 167 Å². The molecule has 1 aromatic carbocycles. The summed E-state index contributed by atoms with van der Waals surface area (Å²) in [6, 6.07) is 12.4. The van der Waals surface area contributed by atoms with Crippen molar-refractivity contribution in [1.29, 1.82) is 0 Å². The zero-order chi connectivity index (χ0) is 19.5. The van der Waals surface area contributed by atoms with Gasteiger partial charge in [-0.3, -0.25) is 5.10 Å². The first kappa shape index (κ1) is 18.4. The van der Waals surface area contributed by atoms with Gasteiger partial charge in [-0.15, -0.1) is 0 Å². The SMILES string of the molecule is CCc1ccccc1-c1nc(Nc2cc(C)[nH]n2)cc(N2CCN(C)CC2)n1.[HH]. The van der Waals surface area contributed by atoms with E-state index in [-0.39, 0.29) is 1.43 Å². The lowest BCUT2D eigenvalue weighted by Crippen LogP contribution is -2.44. The number of aromatic amines is 1. The summed E-state index contributed by atoms with van der Waals surface area (Å²) in [6.45, 7) is 8.14. The number of benzene rings is 1. The van der Waals surface area contributed by atoms with Crippen molar-refractivity contribution in [3.05, 3.63) is 47.7 Å². The molecule has 28 heavy (non-hydrogen) atoms. The summed E-state index contributed by atoms with van der Waals surface area (Å²) in [4.78, 5) is 14.4. The number of aromatic nitrogens is 4. The van der Waals surface area contributed by atoms with E-state index in [1.165, 1.54) is 5.56 Å². The molecule has 3 aromatic rings. The van der Waals surface area contributed by atoms with E-state index in [0.717, 1.165) is 67.1 Å². The molecule has 0 spiro atoms. The lowest BCUT2D eigenvalue weighted by Gasteiger charge is -2.33. The van der Waals surface area contributed by atoms with Crippen LogP contribution in [0.5, 0.6) is 0 Å². The highest BCUT2D eigenvalue weighted by atomic mass is 15.3. The number of piperazine rings is 1. The Hall–Kier alpha value is -2.93. The molecule has 0 bridgehead atoms. The van der Waals surface area contributed by atoms with Gasteiger partial charge < -0.3 is 15.1 Å². The number of nitrogens with zero attached hydrogens (tertiary/aromatic N) is 5. The number of nitrogens with one attached hydrogen (secondary N) is 2. The average Bonchev–Trinajstić information content (AvgIpc) is 3.12. The first-order valence-electron chi connectivity index (χ1n) is 9.82. The van der Waals surface area contributed by atoms with Crippen molar-refractivity contribution in [2.75, 3.05) is 43.4 Å². The number of H-pyrrole nitrogens is 1. The maximum Gasteiger partial charge on any atom is 0.164 e. The highest BCUT2D eigenvalue weighted by Gasteiger charge is 2.18. The Kier molecular flexibility index (Phi) is 5.25. The van der Waals surface area contributed by atoms with E-state index in [1.807, 2.05) is 25.1 Å². The number of rotatable bonds is 5. The summed E-state index contributed by atoms with van der Waals surface area (Å²) in [7, 11) is 2.16. The van der Waals surface area contributed by atoms with E-state index in [4.69, 9.17) is 9.97 Å². The molecule has 1 fully saturated rings. The number of hydrogen-bond acceptors (Lipinski definition) is 6. The monoisotopic (exact) mass is 379 g/mol. The first-order valence-corrected chi connectivity index (χ1v) is 9.82. The van der Waals surface area contributed by atoms with Gasteiger partial charge in [0.05, 0.1) is 0 Å². The minimum atomic E-state index is 0. The van der Waals surface area contributed by atoms with Gasteiger partial charge in [-0.05, 0) is 26.0 Å².